The molecule has 0 radical (unpaired) electrons. The molecule has 0 aromatic heterocycles. The second-order valence-electron chi connectivity index (χ2n) is 4.40. The minimum atomic E-state index is -4.03. The van der Waals surface area contributed by atoms with E-state index in [1.807, 2.05) is 0 Å². The molecule has 0 atom stereocenters. The van der Waals surface area contributed by atoms with Crippen LogP contribution in [0.4, 0.5) is 15.8 Å². The minimum Gasteiger partial charge on any atom is -0.398 e. The molecule has 0 saturated carbocycles. The monoisotopic (exact) mass is 392 g/mol. The molecule has 21 heavy (non-hydrogen) atoms. The van der Waals surface area contributed by atoms with E-state index in [0.717, 1.165) is 0 Å². The molecule has 0 aliphatic heterocycles. The van der Waals surface area contributed by atoms with E-state index in [-0.39, 0.29) is 25.8 Å². The lowest BCUT2D eigenvalue weighted by atomic mass is 10.2. The van der Waals surface area contributed by atoms with Crippen molar-refractivity contribution >= 4 is 48.9 Å². The second kappa shape index (κ2) is 5.82. The lowest BCUT2D eigenvalue weighted by Crippen LogP contribution is -2.15. The number of nitrogens with two attached hydrogens (primary N) is 1. The van der Waals surface area contributed by atoms with Crippen molar-refractivity contribution in [3.63, 3.8) is 0 Å². The Balaban J connectivity index is 2.48. The van der Waals surface area contributed by atoms with Crippen LogP contribution in [-0.4, -0.2) is 8.42 Å². The average molecular weight is 394 g/mol. The number of benzene rings is 2. The van der Waals surface area contributed by atoms with Crippen molar-refractivity contribution in [2.75, 3.05) is 10.5 Å². The van der Waals surface area contributed by atoms with Crippen molar-refractivity contribution < 1.29 is 12.8 Å². The smallest absolute Gasteiger partial charge is 0.263 e. The number of sulfonamides is 1. The lowest BCUT2D eigenvalue weighted by Gasteiger charge is -2.12. The Hall–Kier alpha value is -1.31. The first-order valence-electron chi connectivity index (χ1n) is 5.74. The minimum absolute atomic E-state index is 0.147. The first-order chi connectivity index (χ1) is 9.70. The van der Waals surface area contributed by atoms with Gasteiger partial charge in [-0.05, 0) is 52.7 Å². The van der Waals surface area contributed by atoms with Crippen molar-refractivity contribution in [3.05, 3.63) is 51.2 Å². The fourth-order valence-corrected chi connectivity index (χ4v) is 4.04. The number of hydrogen-bond donors (Lipinski definition) is 2. The predicted octanol–water partition coefficient (Wildman–Crippen LogP) is 3.93. The number of nitrogen functional groups attached to an aromatic ring is 1. The summed E-state index contributed by atoms with van der Waals surface area (Å²) in [5.41, 5.74) is 6.37. The molecule has 8 heteroatoms. The number of anilines is 2. The van der Waals surface area contributed by atoms with Gasteiger partial charge in [-0.1, -0.05) is 17.7 Å². The summed E-state index contributed by atoms with van der Waals surface area (Å²) < 4.78 is 40.8. The molecule has 0 bridgehead atoms. The summed E-state index contributed by atoms with van der Waals surface area (Å²) in [6.45, 7) is 1.70. The third kappa shape index (κ3) is 3.48. The van der Waals surface area contributed by atoms with Gasteiger partial charge in [0.05, 0.1) is 10.2 Å². The highest BCUT2D eigenvalue weighted by Crippen LogP contribution is 2.32. The summed E-state index contributed by atoms with van der Waals surface area (Å²) in [4.78, 5) is -0.160. The van der Waals surface area contributed by atoms with Crippen LogP contribution < -0.4 is 10.5 Å². The fraction of sp³-hybridized carbons (Fsp3) is 0.0769. The standard InChI is InChI=1S/C13H11BrClFN2O2S/c1-7-2-3-11(9(16)4-7)18-21(19,20)12-6-8(15)5-10(17)13(12)14/h2-6,18H,17H2,1H3. The molecule has 0 amide bonds. The van der Waals surface area contributed by atoms with Crippen LogP contribution in [0.1, 0.15) is 5.56 Å². The molecule has 0 aliphatic rings. The van der Waals surface area contributed by atoms with E-state index in [4.69, 9.17) is 17.3 Å². The van der Waals surface area contributed by atoms with Gasteiger partial charge in [-0.3, -0.25) is 4.72 Å². The average Bonchev–Trinajstić information content (AvgIpc) is 2.37. The number of hydrogen-bond acceptors (Lipinski definition) is 3. The molecule has 0 spiro atoms. The third-order valence-corrected chi connectivity index (χ3v) is 5.45. The van der Waals surface area contributed by atoms with E-state index in [2.05, 4.69) is 20.7 Å². The first-order valence-corrected chi connectivity index (χ1v) is 8.39. The molecule has 0 saturated heterocycles. The molecule has 112 valence electrons. The molecule has 2 aromatic rings. The molecule has 4 nitrogen and oxygen atoms in total. The van der Waals surface area contributed by atoms with Crippen molar-refractivity contribution in [2.45, 2.75) is 11.8 Å². The topological polar surface area (TPSA) is 72.2 Å². The van der Waals surface area contributed by atoms with Crippen molar-refractivity contribution in [3.8, 4) is 0 Å². The highest BCUT2D eigenvalue weighted by atomic mass is 79.9. The zero-order valence-corrected chi connectivity index (χ0v) is 14.0. The van der Waals surface area contributed by atoms with Gasteiger partial charge in [0, 0.05) is 10.7 Å². The summed E-state index contributed by atoms with van der Waals surface area (Å²) >= 11 is 8.91. The summed E-state index contributed by atoms with van der Waals surface area (Å²) in [5, 5.41) is 0.167. The molecule has 0 fully saturated rings. The molecule has 3 N–H and O–H groups in total. The summed E-state index contributed by atoms with van der Waals surface area (Å²) in [6, 6.07) is 6.83. The summed E-state index contributed by atoms with van der Waals surface area (Å²) in [6.07, 6.45) is 0. The van der Waals surface area contributed by atoms with Gasteiger partial charge in [0.15, 0.2) is 0 Å². The van der Waals surface area contributed by atoms with Crippen LogP contribution in [0.5, 0.6) is 0 Å². The van der Waals surface area contributed by atoms with E-state index >= 15 is 0 Å². The van der Waals surface area contributed by atoms with Crippen molar-refractivity contribution in [2.24, 2.45) is 0 Å². The van der Waals surface area contributed by atoms with Crippen LogP contribution in [0.3, 0.4) is 0 Å². The van der Waals surface area contributed by atoms with Gasteiger partial charge in [-0.25, -0.2) is 12.8 Å². The van der Waals surface area contributed by atoms with Gasteiger partial charge in [-0.2, -0.15) is 0 Å². The van der Waals surface area contributed by atoms with E-state index in [1.165, 1.54) is 24.3 Å². The quantitative estimate of drug-likeness (QED) is 0.776. The predicted molar refractivity (Wildman–Crippen MR) is 85.5 cm³/mol. The van der Waals surface area contributed by atoms with Crippen LogP contribution in [-0.2, 0) is 10.0 Å². The van der Waals surface area contributed by atoms with Gasteiger partial charge < -0.3 is 5.73 Å². The normalized spacial score (nSPS) is 11.4. The van der Waals surface area contributed by atoms with Gasteiger partial charge in [-0.15, -0.1) is 0 Å². The van der Waals surface area contributed by atoms with Gasteiger partial charge >= 0.3 is 0 Å². The molecular formula is C13H11BrClFN2O2S. The number of nitrogens with one attached hydrogen (secondary N) is 1. The molecule has 0 aliphatic carbocycles. The van der Waals surface area contributed by atoms with E-state index in [1.54, 1.807) is 13.0 Å². The van der Waals surface area contributed by atoms with Gasteiger partial charge in [0.1, 0.15) is 10.7 Å². The van der Waals surface area contributed by atoms with Crippen molar-refractivity contribution in [1.29, 1.82) is 0 Å². The largest absolute Gasteiger partial charge is 0.398 e. The molecule has 2 aromatic carbocycles. The van der Waals surface area contributed by atoms with Crippen LogP contribution in [0, 0.1) is 12.7 Å². The van der Waals surface area contributed by atoms with E-state index in [0.29, 0.717) is 5.56 Å². The second-order valence-corrected chi connectivity index (χ2v) is 7.28. The Kier molecular flexibility index (Phi) is 4.46. The Morgan fingerprint density at radius 1 is 1.29 bits per heavy atom. The Labute approximate surface area is 135 Å². The maximum atomic E-state index is 13.8. The Bertz CT molecular complexity index is 812. The van der Waals surface area contributed by atoms with Gasteiger partial charge in [0.25, 0.3) is 10.0 Å². The third-order valence-electron chi connectivity index (χ3n) is 2.69. The zero-order chi connectivity index (χ0) is 15.8. The molecular weight excluding hydrogens is 383 g/mol. The number of halogens is 3. The molecule has 0 unspecified atom stereocenters. The van der Waals surface area contributed by atoms with Crippen LogP contribution in [0.25, 0.3) is 0 Å². The Morgan fingerprint density at radius 2 is 1.95 bits per heavy atom. The van der Waals surface area contributed by atoms with Crippen LogP contribution in [0.15, 0.2) is 39.7 Å². The van der Waals surface area contributed by atoms with Crippen molar-refractivity contribution in [1.82, 2.24) is 0 Å². The van der Waals surface area contributed by atoms with Crippen LogP contribution >= 0.6 is 27.5 Å². The SMILES string of the molecule is Cc1ccc(NS(=O)(=O)c2cc(Cl)cc(N)c2Br)c(F)c1. The number of aryl methyl sites for hydroxylation is 1. The van der Waals surface area contributed by atoms with Gasteiger partial charge in [0.2, 0.25) is 0 Å². The lowest BCUT2D eigenvalue weighted by molar-refractivity contribution is 0.598. The summed E-state index contributed by atoms with van der Waals surface area (Å²) in [7, 11) is -4.03. The fourth-order valence-electron chi connectivity index (χ4n) is 1.68. The van der Waals surface area contributed by atoms with Crippen LogP contribution in [0.2, 0.25) is 5.02 Å². The zero-order valence-electron chi connectivity index (χ0n) is 10.8. The number of rotatable bonds is 3. The highest BCUT2D eigenvalue weighted by Gasteiger charge is 2.21. The van der Waals surface area contributed by atoms with E-state index < -0.39 is 15.8 Å². The first kappa shape index (κ1) is 16.1. The Morgan fingerprint density at radius 3 is 2.57 bits per heavy atom. The highest BCUT2D eigenvalue weighted by molar-refractivity contribution is 9.10. The molecule has 2 rings (SSSR count). The summed E-state index contributed by atoms with van der Waals surface area (Å²) in [5.74, 6) is -0.662. The maximum absolute atomic E-state index is 13.8. The molecule has 0 heterocycles. The van der Waals surface area contributed by atoms with E-state index in [9.17, 15) is 12.8 Å². The maximum Gasteiger partial charge on any atom is 0.263 e.